The molecule has 35 heavy (non-hydrogen) atoms. The lowest BCUT2D eigenvalue weighted by Gasteiger charge is -2.11. The standard InChI is InChI=1S/C25H26N2O8/c1-31-21-12-17-18(13-22(21)32-2)26-15-27(25(17)30)8-3-5-24(29)35-14-19(28)16-6-7-20-23(11-16)34-10-4-9-33-20/h6-7,11-13,15H,3-5,8-10,14H2,1-2H3. The van der Waals surface area contributed by atoms with Crippen LogP contribution in [0.4, 0.5) is 0 Å². The molecule has 1 aliphatic rings. The summed E-state index contributed by atoms with van der Waals surface area (Å²) in [5, 5.41) is 0.383. The van der Waals surface area contributed by atoms with E-state index in [-0.39, 0.29) is 30.9 Å². The summed E-state index contributed by atoms with van der Waals surface area (Å²) in [6.07, 6.45) is 2.58. The van der Waals surface area contributed by atoms with E-state index in [1.807, 2.05) is 0 Å². The van der Waals surface area contributed by atoms with Crippen LogP contribution in [-0.2, 0) is 16.1 Å². The highest BCUT2D eigenvalue weighted by atomic mass is 16.5. The van der Waals surface area contributed by atoms with Crippen LogP contribution in [-0.4, -0.2) is 55.3 Å². The van der Waals surface area contributed by atoms with E-state index >= 15 is 0 Å². The van der Waals surface area contributed by atoms with Crippen LogP contribution in [0.25, 0.3) is 10.9 Å². The van der Waals surface area contributed by atoms with Crippen LogP contribution in [0, 0.1) is 0 Å². The number of ketones is 1. The van der Waals surface area contributed by atoms with Crippen molar-refractivity contribution in [3.05, 3.63) is 52.6 Å². The number of fused-ring (bicyclic) bond motifs is 2. The molecule has 2 aromatic carbocycles. The number of rotatable bonds is 9. The Balaban J connectivity index is 1.31. The van der Waals surface area contributed by atoms with Crippen molar-refractivity contribution in [2.75, 3.05) is 34.0 Å². The van der Waals surface area contributed by atoms with Gasteiger partial charge < -0.3 is 23.7 Å². The van der Waals surface area contributed by atoms with Crippen molar-refractivity contribution in [3.8, 4) is 23.0 Å². The molecule has 3 aromatic rings. The van der Waals surface area contributed by atoms with E-state index in [9.17, 15) is 14.4 Å². The summed E-state index contributed by atoms with van der Waals surface area (Å²) in [5.41, 5.74) is 0.605. The highest BCUT2D eigenvalue weighted by molar-refractivity contribution is 5.98. The van der Waals surface area contributed by atoms with Gasteiger partial charge in [-0.2, -0.15) is 0 Å². The smallest absolute Gasteiger partial charge is 0.306 e. The molecule has 184 valence electrons. The van der Waals surface area contributed by atoms with E-state index in [2.05, 4.69) is 4.98 Å². The van der Waals surface area contributed by atoms with Gasteiger partial charge in [0.1, 0.15) is 0 Å². The predicted octanol–water partition coefficient (Wildman–Crippen LogP) is 2.78. The van der Waals surface area contributed by atoms with Crippen molar-refractivity contribution in [1.29, 1.82) is 0 Å². The lowest BCUT2D eigenvalue weighted by molar-refractivity contribution is -0.142. The van der Waals surface area contributed by atoms with Gasteiger partial charge in [0.2, 0.25) is 0 Å². The molecule has 0 radical (unpaired) electrons. The maximum atomic E-state index is 12.8. The van der Waals surface area contributed by atoms with Gasteiger partial charge >= 0.3 is 5.97 Å². The Bertz CT molecular complexity index is 1300. The van der Waals surface area contributed by atoms with Crippen LogP contribution in [0.1, 0.15) is 29.6 Å². The van der Waals surface area contributed by atoms with Gasteiger partial charge in [-0.25, -0.2) is 4.98 Å². The first kappa shape index (κ1) is 24.1. The van der Waals surface area contributed by atoms with E-state index in [1.165, 1.54) is 25.1 Å². The summed E-state index contributed by atoms with van der Waals surface area (Å²) in [4.78, 5) is 41.7. The molecule has 0 N–H and O–H groups in total. The fraction of sp³-hybridized carbons (Fsp3) is 0.360. The number of carbonyl (C=O) groups excluding carboxylic acids is 2. The van der Waals surface area contributed by atoms with Gasteiger partial charge in [-0.1, -0.05) is 0 Å². The zero-order valence-corrected chi connectivity index (χ0v) is 19.6. The number of carbonyl (C=O) groups is 2. The number of methoxy groups -OCH3 is 2. The fourth-order valence-electron chi connectivity index (χ4n) is 3.68. The molecule has 0 spiro atoms. The van der Waals surface area contributed by atoms with Crippen molar-refractivity contribution in [2.45, 2.75) is 25.8 Å². The Labute approximate surface area is 201 Å². The molecule has 0 atom stereocenters. The number of hydrogen-bond acceptors (Lipinski definition) is 9. The molecule has 10 heteroatoms. The Hall–Kier alpha value is -4.08. The number of ether oxygens (including phenoxy) is 5. The first-order valence-electron chi connectivity index (χ1n) is 11.2. The predicted molar refractivity (Wildman–Crippen MR) is 126 cm³/mol. The molecule has 10 nitrogen and oxygen atoms in total. The Morgan fingerprint density at radius 2 is 1.77 bits per heavy atom. The molecular formula is C25H26N2O8. The molecule has 0 fully saturated rings. The maximum Gasteiger partial charge on any atom is 0.306 e. The molecule has 1 aromatic heterocycles. The number of esters is 1. The molecule has 0 bridgehead atoms. The van der Waals surface area contributed by atoms with Gasteiger partial charge in [0.25, 0.3) is 5.56 Å². The monoisotopic (exact) mass is 482 g/mol. The highest BCUT2D eigenvalue weighted by Gasteiger charge is 2.16. The van der Waals surface area contributed by atoms with Crippen molar-refractivity contribution >= 4 is 22.7 Å². The number of benzene rings is 2. The lowest BCUT2D eigenvalue weighted by Crippen LogP contribution is -2.21. The zero-order valence-electron chi connectivity index (χ0n) is 19.6. The lowest BCUT2D eigenvalue weighted by atomic mass is 10.1. The number of Topliss-reactive ketones (excluding diaryl/α,β-unsaturated/α-hetero) is 1. The average molecular weight is 482 g/mol. The van der Waals surface area contributed by atoms with Crippen molar-refractivity contribution in [1.82, 2.24) is 9.55 Å². The first-order valence-corrected chi connectivity index (χ1v) is 11.2. The first-order chi connectivity index (χ1) is 17.0. The summed E-state index contributed by atoms with van der Waals surface area (Å²) in [7, 11) is 3.00. The molecule has 4 rings (SSSR count). The third-order valence-corrected chi connectivity index (χ3v) is 5.54. The minimum atomic E-state index is -0.527. The Morgan fingerprint density at radius 1 is 1.03 bits per heavy atom. The van der Waals surface area contributed by atoms with Crippen LogP contribution in [0.5, 0.6) is 23.0 Å². The zero-order chi connectivity index (χ0) is 24.8. The minimum absolute atomic E-state index is 0.0465. The molecule has 1 aliphatic heterocycles. The molecule has 0 saturated heterocycles. The van der Waals surface area contributed by atoms with Crippen molar-refractivity contribution in [2.24, 2.45) is 0 Å². The second-order valence-corrected chi connectivity index (χ2v) is 7.87. The maximum absolute atomic E-state index is 12.8. The van der Waals surface area contributed by atoms with Crippen molar-refractivity contribution < 1.29 is 33.3 Å². The van der Waals surface area contributed by atoms with Gasteiger partial charge in [0, 0.05) is 31.0 Å². The van der Waals surface area contributed by atoms with Crippen LogP contribution in [0.2, 0.25) is 0 Å². The molecule has 0 aliphatic carbocycles. The van der Waals surface area contributed by atoms with Crippen LogP contribution >= 0.6 is 0 Å². The van der Waals surface area contributed by atoms with Gasteiger partial charge in [-0.3, -0.25) is 19.0 Å². The second-order valence-electron chi connectivity index (χ2n) is 7.87. The summed E-state index contributed by atoms with van der Waals surface area (Å²) >= 11 is 0. The van der Waals surface area contributed by atoms with E-state index < -0.39 is 5.97 Å². The summed E-state index contributed by atoms with van der Waals surface area (Å²) in [6, 6.07) is 8.11. The fourth-order valence-corrected chi connectivity index (χ4v) is 3.68. The van der Waals surface area contributed by atoms with Gasteiger partial charge in [-0.05, 0) is 30.7 Å². The number of hydrogen-bond donors (Lipinski definition) is 0. The van der Waals surface area contributed by atoms with Crippen LogP contribution < -0.4 is 24.5 Å². The van der Waals surface area contributed by atoms with Crippen molar-refractivity contribution in [3.63, 3.8) is 0 Å². The normalized spacial score (nSPS) is 12.6. The van der Waals surface area contributed by atoms with E-state index in [0.717, 1.165) is 6.42 Å². The third-order valence-electron chi connectivity index (χ3n) is 5.54. The Morgan fingerprint density at radius 3 is 2.54 bits per heavy atom. The SMILES string of the molecule is COc1cc2ncn(CCCC(=O)OCC(=O)c3ccc4c(c3)OCCCO4)c(=O)c2cc1OC. The Kier molecular flexibility index (Phi) is 7.49. The van der Waals surface area contributed by atoms with E-state index in [0.29, 0.717) is 59.1 Å². The van der Waals surface area contributed by atoms with Gasteiger partial charge in [-0.15, -0.1) is 0 Å². The number of nitrogens with zero attached hydrogens (tertiary/aromatic N) is 2. The second kappa shape index (κ2) is 10.9. The average Bonchev–Trinajstić information content (AvgIpc) is 3.13. The van der Waals surface area contributed by atoms with Gasteiger partial charge in [0.05, 0.1) is 44.7 Å². The molecule has 0 unspecified atom stereocenters. The molecule has 0 amide bonds. The minimum Gasteiger partial charge on any atom is -0.493 e. The topological polar surface area (TPSA) is 115 Å². The number of aryl methyl sites for hydroxylation is 1. The molecule has 2 heterocycles. The van der Waals surface area contributed by atoms with E-state index in [4.69, 9.17) is 23.7 Å². The van der Waals surface area contributed by atoms with Crippen LogP contribution in [0.15, 0.2) is 41.5 Å². The third kappa shape index (κ3) is 5.53. The number of aromatic nitrogens is 2. The van der Waals surface area contributed by atoms with Crippen LogP contribution in [0.3, 0.4) is 0 Å². The summed E-state index contributed by atoms with van der Waals surface area (Å²) < 4.78 is 28.2. The summed E-state index contributed by atoms with van der Waals surface area (Å²) in [5.74, 6) is 1.14. The highest BCUT2D eigenvalue weighted by Crippen LogP contribution is 2.31. The van der Waals surface area contributed by atoms with Gasteiger partial charge in [0.15, 0.2) is 35.4 Å². The quantitative estimate of drug-likeness (QED) is 0.335. The summed E-state index contributed by atoms with van der Waals surface area (Å²) in [6.45, 7) is 0.957. The van der Waals surface area contributed by atoms with E-state index in [1.54, 1.807) is 30.3 Å². The molecular weight excluding hydrogens is 456 g/mol. The largest absolute Gasteiger partial charge is 0.493 e. The molecule has 0 saturated carbocycles.